The Morgan fingerprint density at radius 2 is 0.271 bits per heavy atom. The molecule has 0 saturated heterocycles. The average Bonchev–Trinajstić information content (AvgIpc) is 3.09. The minimum atomic E-state index is -2.43. The van der Waals surface area contributed by atoms with E-state index in [4.69, 9.17) is 0 Å². The van der Waals surface area contributed by atoms with E-state index in [9.17, 15) is 79.0 Å². The van der Waals surface area contributed by atoms with Gasteiger partial charge in [0, 0.05) is 0 Å². The van der Waals surface area contributed by atoms with Gasteiger partial charge in [0.2, 0.25) is 0 Å². The summed E-state index contributed by atoms with van der Waals surface area (Å²) in [4.78, 5) is 0. The predicted octanol–water partition coefficient (Wildman–Crippen LogP) is 13.1. The number of ether oxygens (including phenoxy) is 6. The maximum absolute atomic E-state index is 11.2. The van der Waals surface area contributed by atoms with Gasteiger partial charge in [-0.05, 0) is 0 Å². The van der Waals surface area contributed by atoms with Crippen LogP contribution in [0.4, 0.5) is 79.0 Å². The van der Waals surface area contributed by atoms with E-state index >= 15 is 0 Å². The van der Waals surface area contributed by atoms with E-state index in [1.807, 2.05) is 41.5 Å². The summed E-state index contributed by atoms with van der Waals surface area (Å²) in [6, 6.07) is -10.9. The second kappa shape index (κ2) is 52.5. The molecule has 0 aromatic carbocycles. The first-order valence-corrected chi connectivity index (χ1v) is 11.6. The highest BCUT2D eigenvalue weighted by Gasteiger charge is 2.03. The molecule has 0 fully saturated rings. The Hall–Kier alpha value is -4.02. The lowest BCUT2D eigenvalue weighted by Crippen LogP contribution is -1.76. The van der Waals surface area contributed by atoms with E-state index in [-0.39, 0.29) is 0 Å². The molecule has 0 saturated carbocycles. The molecule has 0 amide bonds. The molecule has 0 unspecified atom stereocenters. The molecule has 0 aromatic heterocycles. The van der Waals surface area contributed by atoms with Gasteiger partial charge in [0.1, 0.15) is 0 Å². The largest absolute Gasteiger partial charge is 0.470 e. The summed E-state index contributed by atoms with van der Waals surface area (Å²) in [5.74, 6) is 0. The first kappa shape index (κ1) is 66.4. The molecule has 24 heteroatoms. The monoisotopic (exact) mass is 762 g/mol. The zero-order valence-electron chi connectivity index (χ0n) is 27.3. The second-order valence-corrected chi connectivity index (χ2v) is 4.43. The van der Waals surface area contributed by atoms with Crippen LogP contribution < -0.4 is 0 Å². The summed E-state index contributed by atoms with van der Waals surface area (Å²) in [6.07, 6.45) is -14.6. The molecule has 294 valence electrons. The summed E-state index contributed by atoms with van der Waals surface area (Å²) in [5.41, 5.74) is 0. The molecule has 48 heavy (non-hydrogen) atoms. The zero-order chi connectivity index (χ0) is 41.2. The van der Waals surface area contributed by atoms with E-state index in [2.05, 4.69) is 28.4 Å². The van der Waals surface area contributed by atoms with Gasteiger partial charge in [0.05, 0.1) is 42.7 Å². The Labute approximate surface area is 265 Å². The predicted molar refractivity (Wildman–Crippen MR) is 138 cm³/mol. The topological polar surface area (TPSA) is 55.4 Å². The van der Waals surface area contributed by atoms with Crippen LogP contribution in [0.1, 0.15) is 41.5 Å². The van der Waals surface area contributed by atoms with E-state index in [1.165, 1.54) is 0 Å². The van der Waals surface area contributed by atoms with Gasteiger partial charge in [-0.2, -0.15) is 79.0 Å². The Kier molecular flexibility index (Phi) is 72.6. The van der Waals surface area contributed by atoms with Crippen molar-refractivity contribution in [2.45, 2.75) is 41.5 Å². The van der Waals surface area contributed by atoms with E-state index in [0.717, 1.165) is 42.7 Å². The van der Waals surface area contributed by atoms with Crippen LogP contribution in [0.15, 0.2) is 72.6 Å². The molecule has 0 aromatic rings. The fourth-order valence-electron chi connectivity index (χ4n) is 0.463. The standard InChI is InChI=1S/6C3H3F3O.3C2H6/c6*1-7-3(6)2(4)5;3*1-2/h6*1H3;3*1-2H3. The normalized spacial score (nSPS) is 7.38. The van der Waals surface area contributed by atoms with Gasteiger partial charge >= 0.3 is 72.6 Å². The quantitative estimate of drug-likeness (QED) is 0.198. The summed E-state index contributed by atoms with van der Waals surface area (Å²) in [7, 11) is 4.97. The molecule has 0 atom stereocenters. The van der Waals surface area contributed by atoms with Gasteiger partial charge in [0.15, 0.2) is 0 Å². The summed E-state index contributed by atoms with van der Waals surface area (Å²) >= 11 is 0. The molecular formula is C24H36F18O6. The Morgan fingerprint density at radius 3 is 0.271 bits per heavy atom. The lowest BCUT2D eigenvalue weighted by molar-refractivity contribution is 0.166. The van der Waals surface area contributed by atoms with Crippen LogP contribution in [0.25, 0.3) is 0 Å². The van der Waals surface area contributed by atoms with Crippen LogP contribution in [0.2, 0.25) is 0 Å². The smallest absolute Gasteiger partial charge is 0.342 e. The van der Waals surface area contributed by atoms with Crippen molar-refractivity contribution in [3.8, 4) is 0 Å². The van der Waals surface area contributed by atoms with Crippen molar-refractivity contribution >= 4 is 0 Å². The van der Waals surface area contributed by atoms with Gasteiger partial charge < -0.3 is 28.4 Å². The third kappa shape index (κ3) is 68.9. The van der Waals surface area contributed by atoms with Gasteiger partial charge in [-0.25, -0.2) is 0 Å². The van der Waals surface area contributed by atoms with Crippen molar-refractivity contribution in [3.63, 3.8) is 0 Å². The first-order valence-electron chi connectivity index (χ1n) is 11.6. The number of halogens is 18. The maximum atomic E-state index is 11.2. The average molecular weight is 763 g/mol. The number of hydrogen-bond donors (Lipinski definition) is 0. The molecule has 0 aliphatic heterocycles. The van der Waals surface area contributed by atoms with Crippen LogP contribution in [0.5, 0.6) is 0 Å². The molecule has 0 heterocycles. The molecule has 0 rings (SSSR count). The fraction of sp³-hybridized carbons (Fsp3) is 0.500. The van der Waals surface area contributed by atoms with E-state index < -0.39 is 72.6 Å². The van der Waals surface area contributed by atoms with Crippen LogP contribution in [0.3, 0.4) is 0 Å². The molecular weight excluding hydrogens is 726 g/mol. The molecule has 0 N–H and O–H groups in total. The van der Waals surface area contributed by atoms with Crippen molar-refractivity contribution < 1.29 is 107 Å². The highest BCUT2D eigenvalue weighted by molar-refractivity contribution is 4.81. The summed E-state index contributed by atoms with van der Waals surface area (Å²) < 4.78 is 218. The third-order valence-corrected chi connectivity index (χ3v) is 1.97. The molecule has 0 aliphatic carbocycles. The number of rotatable bonds is 6. The minimum absolute atomic E-state index is 0.828. The highest BCUT2D eigenvalue weighted by Crippen LogP contribution is 2.10. The Balaban J connectivity index is -0.0000000526. The molecule has 6 nitrogen and oxygen atoms in total. The van der Waals surface area contributed by atoms with Crippen LogP contribution in [-0.4, -0.2) is 42.7 Å². The molecule has 0 spiro atoms. The minimum Gasteiger partial charge on any atom is -0.470 e. The molecule has 0 radical (unpaired) electrons. The van der Waals surface area contributed by atoms with Gasteiger partial charge in [-0.15, -0.1) is 0 Å². The van der Waals surface area contributed by atoms with Gasteiger partial charge in [-0.3, -0.25) is 0 Å². The van der Waals surface area contributed by atoms with Crippen molar-refractivity contribution in [3.05, 3.63) is 72.6 Å². The van der Waals surface area contributed by atoms with E-state index in [1.54, 1.807) is 0 Å². The summed E-state index contributed by atoms with van der Waals surface area (Å²) in [5, 5.41) is 0. The van der Waals surface area contributed by atoms with Crippen LogP contribution in [-0.2, 0) is 28.4 Å². The van der Waals surface area contributed by atoms with Crippen molar-refractivity contribution in [1.82, 2.24) is 0 Å². The van der Waals surface area contributed by atoms with Crippen molar-refractivity contribution in [2.24, 2.45) is 0 Å². The second-order valence-electron chi connectivity index (χ2n) is 4.43. The number of hydrogen-bond acceptors (Lipinski definition) is 6. The van der Waals surface area contributed by atoms with E-state index in [0.29, 0.717) is 0 Å². The van der Waals surface area contributed by atoms with Crippen molar-refractivity contribution in [2.75, 3.05) is 42.7 Å². The first-order chi connectivity index (χ1) is 22.1. The fourth-order valence-corrected chi connectivity index (χ4v) is 0.463. The third-order valence-electron chi connectivity index (χ3n) is 1.97. The molecule has 0 bridgehead atoms. The zero-order valence-corrected chi connectivity index (χ0v) is 27.3. The SMILES string of the molecule is CC.CC.CC.COC(F)=C(F)F.COC(F)=C(F)F.COC(F)=C(F)F.COC(F)=C(F)F.COC(F)=C(F)F.COC(F)=C(F)F. The van der Waals surface area contributed by atoms with Gasteiger partial charge in [-0.1, -0.05) is 41.5 Å². The Bertz CT molecular complexity index is 698. The van der Waals surface area contributed by atoms with Crippen molar-refractivity contribution in [1.29, 1.82) is 0 Å². The Morgan fingerprint density at radius 1 is 0.208 bits per heavy atom. The van der Waals surface area contributed by atoms with Crippen LogP contribution in [0, 0.1) is 0 Å². The number of methoxy groups -OCH3 is 6. The summed E-state index contributed by atoms with van der Waals surface area (Å²) in [6.45, 7) is 12.0. The van der Waals surface area contributed by atoms with Gasteiger partial charge in [0.25, 0.3) is 0 Å². The van der Waals surface area contributed by atoms with Crippen LogP contribution >= 0.6 is 0 Å². The maximum Gasteiger partial charge on any atom is 0.342 e. The lowest BCUT2D eigenvalue weighted by Gasteiger charge is -1.87. The molecule has 0 aliphatic rings. The lowest BCUT2D eigenvalue weighted by atomic mass is 11.0. The highest BCUT2D eigenvalue weighted by atomic mass is 19.3.